The van der Waals surface area contributed by atoms with Crippen molar-refractivity contribution in [1.82, 2.24) is 0 Å². The highest BCUT2D eigenvalue weighted by Gasteiger charge is 2.09. The van der Waals surface area contributed by atoms with E-state index in [1.54, 1.807) is 0 Å². The molecule has 0 fully saturated rings. The Morgan fingerprint density at radius 3 is 2.53 bits per heavy atom. The van der Waals surface area contributed by atoms with Crippen LogP contribution >= 0.6 is 0 Å². The first-order chi connectivity index (χ1) is 7.31. The number of hydrogen-bond acceptors (Lipinski definition) is 2. The second-order valence-electron chi connectivity index (χ2n) is 3.62. The predicted octanol–water partition coefficient (Wildman–Crippen LogP) is 3.03. The number of benzene rings is 1. The summed E-state index contributed by atoms with van der Waals surface area (Å²) >= 11 is 0. The molecule has 0 saturated heterocycles. The lowest BCUT2D eigenvalue weighted by Gasteiger charge is -2.13. The first-order valence-corrected chi connectivity index (χ1v) is 5.25. The Kier molecular flexibility index (Phi) is 4.56. The van der Waals surface area contributed by atoms with Crippen molar-refractivity contribution in [1.29, 1.82) is 5.26 Å². The maximum Gasteiger partial charge on any atom is 0.120 e. The van der Waals surface area contributed by atoms with Crippen molar-refractivity contribution in [3.63, 3.8) is 0 Å². The first-order valence-electron chi connectivity index (χ1n) is 5.25. The van der Waals surface area contributed by atoms with Gasteiger partial charge in [-0.25, -0.2) is 0 Å². The molecule has 1 aromatic carbocycles. The van der Waals surface area contributed by atoms with Crippen LogP contribution in [0.1, 0.15) is 43.2 Å². The molecule has 0 aliphatic rings. The highest BCUT2D eigenvalue weighted by Crippen LogP contribution is 2.24. The van der Waals surface area contributed by atoms with Gasteiger partial charge in [0.25, 0.3) is 0 Å². The van der Waals surface area contributed by atoms with Gasteiger partial charge in [-0.3, -0.25) is 0 Å². The lowest BCUT2D eigenvalue weighted by Crippen LogP contribution is -1.99. The molecule has 0 aliphatic carbocycles. The Bertz CT molecular complexity index is 348. The summed E-state index contributed by atoms with van der Waals surface area (Å²) in [5.41, 5.74) is 1.82. The summed E-state index contributed by atoms with van der Waals surface area (Å²) in [6.45, 7) is 2.11. The van der Waals surface area contributed by atoms with E-state index < -0.39 is 0 Å². The van der Waals surface area contributed by atoms with E-state index in [4.69, 9.17) is 5.26 Å². The SMILES string of the molecule is CCCC(CC=O)c1ccc(C#N)cc1. The normalized spacial score (nSPS) is 11.7. The maximum absolute atomic E-state index is 10.5. The summed E-state index contributed by atoms with van der Waals surface area (Å²) < 4.78 is 0. The average molecular weight is 201 g/mol. The molecular formula is C13H15NO. The molecule has 78 valence electrons. The molecule has 0 N–H and O–H groups in total. The molecule has 0 bridgehead atoms. The molecule has 0 heterocycles. The molecule has 1 aromatic rings. The number of aldehydes is 1. The zero-order chi connectivity index (χ0) is 11.1. The van der Waals surface area contributed by atoms with Crippen molar-refractivity contribution in [3.8, 4) is 6.07 Å². The molecule has 1 unspecified atom stereocenters. The number of nitrogens with zero attached hydrogens (tertiary/aromatic N) is 1. The standard InChI is InChI=1S/C13H15NO/c1-2-3-12(8-9-15)13-6-4-11(10-14)5-7-13/h4-7,9,12H,2-3,8H2,1H3. The molecule has 15 heavy (non-hydrogen) atoms. The second-order valence-corrected chi connectivity index (χ2v) is 3.62. The van der Waals surface area contributed by atoms with E-state index in [1.807, 2.05) is 24.3 Å². The van der Waals surface area contributed by atoms with Gasteiger partial charge in [0.2, 0.25) is 0 Å². The van der Waals surface area contributed by atoms with Gasteiger partial charge in [0, 0.05) is 6.42 Å². The topological polar surface area (TPSA) is 40.9 Å². The molecule has 1 atom stereocenters. The van der Waals surface area contributed by atoms with Crippen LogP contribution in [-0.4, -0.2) is 6.29 Å². The van der Waals surface area contributed by atoms with Gasteiger partial charge in [-0.1, -0.05) is 25.5 Å². The summed E-state index contributed by atoms with van der Waals surface area (Å²) in [4.78, 5) is 10.5. The number of carbonyl (C=O) groups is 1. The third kappa shape index (κ3) is 3.21. The van der Waals surface area contributed by atoms with Crippen LogP contribution in [0, 0.1) is 11.3 Å². The largest absolute Gasteiger partial charge is 0.303 e. The third-order valence-electron chi connectivity index (χ3n) is 2.53. The zero-order valence-corrected chi connectivity index (χ0v) is 8.94. The Hall–Kier alpha value is -1.62. The molecule has 0 aliphatic heterocycles. The van der Waals surface area contributed by atoms with E-state index >= 15 is 0 Å². The summed E-state index contributed by atoms with van der Waals surface area (Å²) in [6.07, 6.45) is 3.63. The third-order valence-corrected chi connectivity index (χ3v) is 2.53. The van der Waals surface area contributed by atoms with Crippen molar-refractivity contribution in [2.24, 2.45) is 0 Å². The Morgan fingerprint density at radius 1 is 1.40 bits per heavy atom. The van der Waals surface area contributed by atoms with Gasteiger partial charge < -0.3 is 4.79 Å². The fourth-order valence-electron chi connectivity index (χ4n) is 1.72. The van der Waals surface area contributed by atoms with Gasteiger partial charge in [-0.05, 0) is 30.0 Å². The molecule has 0 radical (unpaired) electrons. The smallest absolute Gasteiger partial charge is 0.120 e. The lowest BCUT2D eigenvalue weighted by molar-refractivity contribution is -0.108. The first kappa shape index (κ1) is 11.5. The van der Waals surface area contributed by atoms with Crippen molar-refractivity contribution in [3.05, 3.63) is 35.4 Å². The average Bonchev–Trinajstić information content (AvgIpc) is 2.29. The monoisotopic (exact) mass is 201 g/mol. The van der Waals surface area contributed by atoms with E-state index in [2.05, 4.69) is 13.0 Å². The Morgan fingerprint density at radius 2 is 2.07 bits per heavy atom. The van der Waals surface area contributed by atoms with E-state index in [9.17, 15) is 4.79 Å². The van der Waals surface area contributed by atoms with Crippen LogP contribution in [0.4, 0.5) is 0 Å². The maximum atomic E-state index is 10.5. The minimum atomic E-state index is 0.306. The van der Waals surface area contributed by atoms with Crippen molar-refractivity contribution in [2.45, 2.75) is 32.1 Å². The molecule has 0 saturated carbocycles. The van der Waals surface area contributed by atoms with E-state index in [1.165, 1.54) is 0 Å². The van der Waals surface area contributed by atoms with E-state index in [0.717, 1.165) is 24.7 Å². The van der Waals surface area contributed by atoms with Gasteiger partial charge in [0.1, 0.15) is 6.29 Å². The molecule has 0 spiro atoms. The number of rotatable bonds is 5. The number of hydrogen-bond donors (Lipinski definition) is 0. The quantitative estimate of drug-likeness (QED) is 0.687. The van der Waals surface area contributed by atoms with Crippen molar-refractivity contribution < 1.29 is 4.79 Å². The minimum absolute atomic E-state index is 0.306. The van der Waals surface area contributed by atoms with Crippen LogP contribution in [0.5, 0.6) is 0 Å². The van der Waals surface area contributed by atoms with Crippen LogP contribution in [0.15, 0.2) is 24.3 Å². The Labute approximate surface area is 90.5 Å². The molecule has 0 amide bonds. The number of nitriles is 1. The van der Waals surface area contributed by atoms with Crippen LogP contribution in [0.25, 0.3) is 0 Å². The molecule has 2 heteroatoms. The molecule has 1 rings (SSSR count). The summed E-state index contributed by atoms with van der Waals surface area (Å²) in [7, 11) is 0. The molecule has 2 nitrogen and oxygen atoms in total. The van der Waals surface area contributed by atoms with Crippen LogP contribution in [0.2, 0.25) is 0 Å². The highest BCUT2D eigenvalue weighted by molar-refractivity contribution is 5.51. The Balaban J connectivity index is 2.81. The fraction of sp³-hybridized carbons (Fsp3) is 0.385. The van der Waals surface area contributed by atoms with E-state index in [-0.39, 0.29) is 0 Å². The van der Waals surface area contributed by atoms with Crippen LogP contribution < -0.4 is 0 Å². The summed E-state index contributed by atoms with van der Waals surface area (Å²) in [5.74, 6) is 0.306. The van der Waals surface area contributed by atoms with Crippen LogP contribution in [-0.2, 0) is 4.79 Å². The summed E-state index contributed by atoms with van der Waals surface area (Å²) in [5, 5.41) is 8.67. The predicted molar refractivity (Wildman–Crippen MR) is 59.5 cm³/mol. The van der Waals surface area contributed by atoms with Gasteiger partial charge >= 0.3 is 0 Å². The minimum Gasteiger partial charge on any atom is -0.303 e. The van der Waals surface area contributed by atoms with Gasteiger partial charge in [0.15, 0.2) is 0 Å². The van der Waals surface area contributed by atoms with E-state index in [0.29, 0.717) is 17.9 Å². The van der Waals surface area contributed by atoms with Crippen molar-refractivity contribution >= 4 is 6.29 Å². The zero-order valence-electron chi connectivity index (χ0n) is 8.94. The molecule has 0 aromatic heterocycles. The summed E-state index contributed by atoms with van der Waals surface area (Å²) in [6, 6.07) is 9.60. The van der Waals surface area contributed by atoms with Crippen LogP contribution in [0.3, 0.4) is 0 Å². The lowest BCUT2D eigenvalue weighted by atomic mass is 9.91. The fourth-order valence-corrected chi connectivity index (χ4v) is 1.72. The van der Waals surface area contributed by atoms with Crippen molar-refractivity contribution in [2.75, 3.05) is 0 Å². The highest BCUT2D eigenvalue weighted by atomic mass is 16.1. The van der Waals surface area contributed by atoms with Gasteiger partial charge in [0.05, 0.1) is 11.6 Å². The number of carbonyl (C=O) groups excluding carboxylic acids is 1. The molecular weight excluding hydrogens is 186 g/mol. The van der Waals surface area contributed by atoms with Gasteiger partial charge in [-0.15, -0.1) is 0 Å². The van der Waals surface area contributed by atoms with Gasteiger partial charge in [-0.2, -0.15) is 5.26 Å². The second kappa shape index (κ2) is 5.98.